The highest BCUT2D eigenvalue weighted by atomic mass is 32.2. The highest BCUT2D eigenvalue weighted by Crippen LogP contribution is 2.26. The van der Waals surface area contributed by atoms with Gasteiger partial charge < -0.3 is 5.32 Å². The van der Waals surface area contributed by atoms with Crippen molar-refractivity contribution in [2.45, 2.75) is 11.3 Å². The topological polar surface area (TPSA) is 84.3 Å². The van der Waals surface area contributed by atoms with Gasteiger partial charge in [0.25, 0.3) is 0 Å². The van der Waals surface area contributed by atoms with Gasteiger partial charge in [0.1, 0.15) is 5.82 Å². The molecule has 1 N–H and O–H groups in total. The second kappa shape index (κ2) is 7.76. The number of anilines is 1. The molecule has 7 nitrogen and oxygen atoms in total. The Morgan fingerprint density at radius 1 is 1.14 bits per heavy atom. The summed E-state index contributed by atoms with van der Waals surface area (Å²) in [7, 11) is -3.76. The van der Waals surface area contributed by atoms with Crippen LogP contribution in [0.25, 0.3) is 5.69 Å². The van der Waals surface area contributed by atoms with Crippen molar-refractivity contribution in [2.24, 2.45) is 5.92 Å². The SMILES string of the molecule is O=C(Nc1cccc(-n2cccn2)c1)[C@H]1CCN(S(=O)(=O)c2ccc(F)cc2)C1. The molecule has 4 rings (SSSR count). The molecule has 0 unspecified atom stereocenters. The first-order valence-corrected chi connectivity index (χ1v) is 10.5. The first kappa shape index (κ1) is 19.3. The lowest BCUT2D eigenvalue weighted by Crippen LogP contribution is -2.31. The summed E-state index contributed by atoms with van der Waals surface area (Å²) < 4.78 is 41.5. The van der Waals surface area contributed by atoms with Gasteiger partial charge in [0.15, 0.2) is 0 Å². The van der Waals surface area contributed by atoms with E-state index in [-0.39, 0.29) is 23.9 Å². The van der Waals surface area contributed by atoms with Gasteiger partial charge >= 0.3 is 0 Å². The molecule has 1 fully saturated rings. The molecule has 9 heteroatoms. The van der Waals surface area contributed by atoms with E-state index in [1.54, 1.807) is 35.3 Å². The van der Waals surface area contributed by atoms with E-state index < -0.39 is 21.8 Å². The van der Waals surface area contributed by atoms with Gasteiger partial charge in [-0.3, -0.25) is 4.79 Å². The molecule has 0 radical (unpaired) electrons. The van der Waals surface area contributed by atoms with Crippen LogP contribution in [0.15, 0.2) is 71.9 Å². The first-order valence-electron chi connectivity index (χ1n) is 9.10. The number of hydrogen-bond acceptors (Lipinski definition) is 4. The lowest BCUT2D eigenvalue weighted by Gasteiger charge is -2.16. The number of carbonyl (C=O) groups excluding carboxylic acids is 1. The molecule has 29 heavy (non-hydrogen) atoms. The van der Waals surface area contributed by atoms with Crippen molar-refractivity contribution in [1.82, 2.24) is 14.1 Å². The van der Waals surface area contributed by atoms with E-state index in [1.165, 1.54) is 16.4 Å². The van der Waals surface area contributed by atoms with Crippen LogP contribution in [0.4, 0.5) is 10.1 Å². The van der Waals surface area contributed by atoms with Gasteiger partial charge in [-0.25, -0.2) is 17.5 Å². The van der Waals surface area contributed by atoms with Crippen LogP contribution in [-0.2, 0) is 14.8 Å². The molecule has 2 aromatic carbocycles. The summed E-state index contributed by atoms with van der Waals surface area (Å²) in [4.78, 5) is 12.7. The number of hydrogen-bond donors (Lipinski definition) is 1. The average Bonchev–Trinajstić information content (AvgIpc) is 3.41. The molecule has 3 aromatic rings. The minimum absolute atomic E-state index is 0.0203. The second-order valence-electron chi connectivity index (χ2n) is 6.79. The van der Waals surface area contributed by atoms with Crippen LogP contribution < -0.4 is 5.32 Å². The van der Waals surface area contributed by atoms with Crippen LogP contribution in [0.3, 0.4) is 0 Å². The van der Waals surface area contributed by atoms with E-state index in [4.69, 9.17) is 0 Å². The smallest absolute Gasteiger partial charge is 0.243 e. The predicted octanol–water partition coefficient (Wildman–Crippen LogP) is 2.66. The number of aromatic nitrogens is 2. The summed E-state index contributed by atoms with van der Waals surface area (Å²) in [6.07, 6.45) is 3.89. The van der Waals surface area contributed by atoms with Gasteiger partial charge in [-0.1, -0.05) is 6.07 Å². The lowest BCUT2D eigenvalue weighted by molar-refractivity contribution is -0.119. The average molecular weight is 414 g/mol. The van der Waals surface area contributed by atoms with E-state index in [9.17, 15) is 17.6 Å². The molecule has 0 aliphatic carbocycles. The predicted molar refractivity (Wildman–Crippen MR) is 105 cm³/mol. The summed E-state index contributed by atoms with van der Waals surface area (Å²) in [5.74, 6) is -1.20. The molecule has 1 saturated heterocycles. The Morgan fingerprint density at radius 3 is 2.66 bits per heavy atom. The highest BCUT2D eigenvalue weighted by Gasteiger charge is 2.35. The van der Waals surface area contributed by atoms with Gasteiger partial charge in [-0.15, -0.1) is 0 Å². The van der Waals surface area contributed by atoms with E-state index in [0.29, 0.717) is 12.1 Å². The summed E-state index contributed by atoms with van der Waals surface area (Å²) >= 11 is 0. The molecule has 2 heterocycles. The van der Waals surface area contributed by atoms with E-state index >= 15 is 0 Å². The number of benzene rings is 2. The fraction of sp³-hybridized carbons (Fsp3) is 0.200. The number of rotatable bonds is 5. The minimum atomic E-state index is -3.76. The molecule has 1 amide bonds. The summed E-state index contributed by atoms with van der Waals surface area (Å²) in [5, 5.41) is 7.02. The zero-order valence-electron chi connectivity index (χ0n) is 15.4. The van der Waals surface area contributed by atoms with Crippen LogP contribution in [0.1, 0.15) is 6.42 Å². The van der Waals surface area contributed by atoms with Gasteiger partial charge in [0, 0.05) is 31.2 Å². The van der Waals surface area contributed by atoms with Crippen LogP contribution in [0.5, 0.6) is 0 Å². The number of nitrogens with zero attached hydrogens (tertiary/aromatic N) is 3. The van der Waals surface area contributed by atoms with Crippen molar-refractivity contribution in [2.75, 3.05) is 18.4 Å². The lowest BCUT2D eigenvalue weighted by atomic mass is 10.1. The van der Waals surface area contributed by atoms with E-state index in [0.717, 1.165) is 17.8 Å². The molecular weight excluding hydrogens is 395 g/mol. The Morgan fingerprint density at radius 2 is 1.93 bits per heavy atom. The first-order chi connectivity index (χ1) is 13.9. The summed E-state index contributed by atoms with van der Waals surface area (Å²) in [6, 6.07) is 13.7. The Hall–Kier alpha value is -3.04. The van der Waals surface area contributed by atoms with Crippen molar-refractivity contribution in [3.05, 3.63) is 72.8 Å². The standard InChI is InChI=1S/C20H19FN4O3S/c21-16-5-7-19(8-6-16)29(27,28)24-12-9-15(14-24)20(26)23-17-3-1-4-18(13-17)25-11-2-10-22-25/h1-8,10-11,13,15H,9,12,14H2,(H,23,26)/t15-/m0/s1. The molecule has 1 atom stereocenters. The quantitative estimate of drug-likeness (QED) is 0.696. The number of sulfonamides is 1. The van der Waals surface area contributed by atoms with Gasteiger partial charge in [0.05, 0.1) is 16.5 Å². The van der Waals surface area contributed by atoms with Crippen LogP contribution in [0.2, 0.25) is 0 Å². The largest absolute Gasteiger partial charge is 0.326 e. The van der Waals surface area contributed by atoms with Crippen LogP contribution in [0, 0.1) is 11.7 Å². The number of nitrogens with one attached hydrogen (secondary N) is 1. The molecule has 0 bridgehead atoms. The van der Waals surface area contributed by atoms with Crippen molar-refractivity contribution in [3.8, 4) is 5.69 Å². The van der Waals surface area contributed by atoms with E-state index in [2.05, 4.69) is 10.4 Å². The second-order valence-corrected chi connectivity index (χ2v) is 8.73. The normalized spacial score (nSPS) is 17.3. The Kier molecular flexibility index (Phi) is 5.16. The number of amides is 1. The fourth-order valence-electron chi connectivity index (χ4n) is 3.31. The molecular formula is C20H19FN4O3S. The van der Waals surface area contributed by atoms with Crippen LogP contribution >= 0.6 is 0 Å². The highest BCUT2D eigenvalue weighted by molar-refractivity contribution is 7.89. The van der Waals surface area contributed by atoms with Crippen molar-refractivity contribution in [3.63, 3.8) is 0 Å². The number of carbonyl (C=O) groups is 1. The maximum atomic E-state index is 13.1. The Balaban J connectivity index is 1.43. The molecule has 150 valence electrons. The van der Waals surface area contributed by atoms with Gasteiger partial charge in [0.2, 0.25) is 15.9 Å². The van der Waals surface area contributed by atoms with Crippen LogP contribution in [-0.4, -0.2) is 41.5 Å². The molecule has 0 spiro atoms. The minimum Gasteiger partial charge on any atom is -0.326 e. The Labute approximate surface area is 167 Å². The van der Waals surface area contributed by atoms with Crippen molar-refractivity contribution >= 4 is 21.6 Å². The summed E-state index contributed by atoms with van der Waals surface area (Å²) in [6.45, 7) is 0.329. The van der Waals surface area contributed by atoms with Gasteiger partial charge in [-0.05, 0) is 55.0 Å². The maximum Gasteiger partial charge on any atom is 0.243 e. The van der Waals surface area contributed by atoms with Crippen molar-refractivity contribution in [1.29, 1.82) is 0 Å². The molecule has 1 aliphatic heterocycles. The maximum absolute atomic E-state index is 13.1. The summed E-state index contributed by atoms with van der Waals surface area (Å²) in [5.41, 5.74) is 1.42. The third-order valence-corrected chi connectivity index (χ3v) is 6.74. The zero-order chi connectivity index (χ0) is 20.4. The number of halogens is 1. The third-order valence-electron chi connectivity index (χ3n) is 4.86. The fourth-order valence-corrected chi connectivity index (χ4v) is 4.81. The van der Waals surface area contributed by atoms with E-state index in [1.807, 2.05) is 12.1 Å². The Bertz CT molecular complexity index is 1110. The molecule has 1 aromatic heterocycles. The zero-order valence-corrected chi connectivity index (χ0v) is 16.2. The molecule has 0 saturated carbocycles. The molecule has 1 aliphatic rings. The van der Waals surface area contributed by atoms with Gasteiger partial charge in [-0.2, -0.15) is 9.40 Å². The monoisotopic (exact) mass is 414 g/mol. The van der Waals surface area contributed by atoms with Crippen molar-refractivity contribution < 1.29 is 17.6 Å². The third kappa shape index (κ3) is 4.06.